The SMILES string of the molecule is NCc1cc(O)c2ccccc2c1. The number of aromatic hydroxyl groups is 1. The zero-order chi connectivity index (χ0) is 9.26. The Labute approximate surface area is 76.6 Å². The molecule has 0 amide bonds. The van der Waals surface area contributed by atoms with Crippen LogP contribution in [0.4, 0.5) is 0 Å². The fourth-order valence-electron chi connectivity index (χ4n) is 1.47. The second-order valence-corrected chi connectivity index (χ2v) is 3.04. The number of benzene rings is 2. The van der Waals surface area contributed by atoms with Crippen LogP contribution in [0.3, 0.4) is 0 Å². The fraction of sp³-hybridized carbons (Fsp3) is 0.0909. The topological polar surface area (TPSA) is 46.2 Å². The van der Waals surface area contributed by atoms with E-state index in [4.69, 9.17) is 5.73 Å². The van der Waals surface area contributed by atoms with Gasteiger partial charge in [0, 0.05) is 11.9 Å². The van der Waals surface area contributed by atoms with Gasteiger partial charge < -0.3 is 10.8 Å². The van der Waals surface area contributed by atoms with Crippen LogP contribution in [0.2, 0.25) is 0 Å². The third-order valence-corrected chi connectivity index (χ3v) is 2.14. The van der Waals surface area contributed by atoms with E-state index < -0.39 is 0 Å². The van der Waals surface area contributed by atoms with Crippen LogP contribution in [0.15, 0.2) is 36.4 Å². The highest BCUT2D eigenvalue weighted by molar-refractivity contribution is 5.88. The molecule has 2 aromatic carbocycles. The molecule has 0 aliphatic carbocycles. The molecule has 2 nitrogen and oxygen atoms in total. The van der Waals surface area contributed by atoms with Crippen molar-refractivity contribution in [2.75, 3.05) is 0 Å². The van der Waals surface area contributed by atoms with Crippen LogP contribution in [-0.2, 0) is 6.54 Å². The van der Waals surface area contributed by atoms with Crippen molar-refractivity contribution in [3.8, 4) is 5.75 Å². The van der Waals surface area contributed by atoms with Gasteiger partial charge in [0.05, 0.1) is 0 Å². The molecule has 0 saturated heterocycles. The van der Waals surface area contributed by atoms with Gasteiger partial charge in [0.15, 0.2) is 0 Å². The van der Waals surface area contributed by atoms with Crippen molar-refractivity contribution in [3.63, 3.8) is 0 Å². The van der Waals surface area contributed by atoms with Crippen LogP contribution in [0.1, 0.15) is 5.56 Å². The molecule has 0 bridgehead atoms. The summed E-state index contributed by atoms with van der Waals surface area (Å²) < 4.78 is 0. The van der Waals surface area contributed by atoms with Gasteiger partial charge in [0.25, 0.3) is 0 Å². The van der Waals surface area contributed by atoms with Gasteiger partial charge in [-0.3, -0.25) is 0 Å². The van der Waals surface area contributed by atoms with Gasteiger partial charge >= 0.3 is 0 Å². The maximum absolute atomic E-state index is 9.63. The first-order valence-corrected chi connectivity index (χ1v) is 4.22. The molecule has 0 aliphatic rings. The summed E-state index contributed by atoms with van der Waals surface area (Å²) in [5, 5.41) is 11.5. The minimum Gasteiger partial charge on any atom is -0.507 e. The smallest absolute Gasteiger partial charge is 0.123 e. The Kier molecular flexibility index (Phi) is 1.91. The Hall–Kier alpha value is -1.54. The van der Waals surface area contributed by atoms with Gasteiger partial charge in [-0.05, 0) is 23.1 Å². The lowest BCUT2D eigenvalue weighted by atomic mass is 10.1. The van der Waals surface area contributed by atoms with Crippen molar-refractivity contribution < 1.29 is 5.11 Å². The van der Waals surface area contributed by atoms with Crippen molar-refractivity contribution in [1.82, 2.24) is 0 Å². The molecular weight excluding hydrogens is 162 g/mol. The summed E-state index contributed by atoms with van der Waals surface area (Å²) in [7, 11) is 0. The largest absolute Gasteiger partial charge is 0.507 e. The summed E-state index contributed by atoms with van der Waals surface area (Å²) in [5.41, 5.74) is 6.45. The first-order valence-electron chi connectivity index (χ1n) is 4.22. The molecule has 0 unspecified atom stereocenters. The van der Waals surface area contributed by atoms with E-state index in [1.54, 1.807) is 6.07 Å². The standard InChI is InChI=1S/C11H11NO/c12-7-8-5-9-3-1-2-4-10(9)11(13)6-8/h1-6,13H,7,12H2. The van der Waals surface area contributed by atoms with Gasteiger partial charge in [-0.25, -0.2) is 0 Å². The molecule has 2 aromatic rings. The Morgan fingerprint density at radius 2 is 1.92 bits per heavy atom. The van der Waals surface area contributed by atoms with E-state index in [0.717, 1.165) is 16.3 Å². The lowest BCUT2D eigenvalue weighted by Gasteiger charge is -2.03. The Morgan fingerprint density at radius 3 is 2.69 bits per heavy atom. The minimum absolute atomic E-state index is 0.304. The molecule has 0 radical (unpaired) electrons. The number of phenolic OH excluding ortho intramolecular Hbond substituents is 1. The van der Waals surface area contributed by atoms with Crippen molar-refractivity contribution in [2.24, 2.45) is 5.73 Å². The second kappa shape index (κ2) is 3.07. The molecule has 0 fully saturated rings. The molecule has 0 spiro atoms. The summed E-state index contributed by atoms with van der Waals surface area (Å²) in [4.78, 5) is 0. The van der Waals surface area contributed by atoms with Crippen molar-refractivity contribution in [2.45, 2.75) is 6.54 Å². The average Bonchev–Trinajstić information content (AvgIpc) is 2.18. The summed E-state index contributed by atoms with van der Waals surface area (Å²) in [6.07, 6.45) is 0. The highest BCUT2D eigenvalue weighted by Gasteiger charge is 2.00. The molecule has 0 heterocycles. The minimum atomic E-state index is 0.304. The van der Waals surface area contributed by atoms with E-state index in [1.165, 1.54) is 0 Å². The van der Waals surface area contributed by atoms with E-state index in [0.29, 0.717) is 12.3 Å². The van der Waals surface area contributed by atoms with E-state index in [2.05, 4.69) is 0 Å². The fourth-order valence-corrected chi connectivity index (χ4v) is 1.47. The quantitative estimate of drug-likeness (QED) is 0.692. The molecule has 0 aromatic heterocycles. The van der Waals surface area contributed by atoms with Crippen LogP contribution in [-0.4, -0.2) is 5.11 Å². The van der Waals surface area contributed by atoms with Crippen LogP contribution in [0.25, 0.3) is 10.8 Å². The lowest BCUT2D eigenvalue weighted by molar-refractivity contribution is 0.481. The number of fused-ring (bicyclic) bond motifs is 1. The van der Waals surface area contributed by atoms with Crippen LogP contribution in [0, 0.1) is 0 Å². The first-order chi connectivity index (χ1) is 6.31. The lowest BCUT2D eigenvalue weighted by Crippen LogP contribution is -1.95. The van der Waals surface area contributed by atoms with Gasteiger partial charge in [-0.2, -0.15) is 0 Å². The zero-order valence-electron chi connectivity index (χ0n) is 7.20. The van der Waals surface area contributed by atoms with E-state index in [-0.39, 0.29) is 0 Å². The molecule has 3 N–H and O–H groups in total. The van der Waals surface area contributed by atoms with Crippen LogP contribution >= 0.6 is 0 Å². The maximum atomic E-state index is 9.63. The van der Waals surface area contributed by atoms with Crippen LogP contribution < -0.4 is 5.73 Å². The maximum Gasteiger partial charge on any atom is 0.123 e. The Bertz CT molecular complexity index is 437. The molecule has 2 rings (SSSR count). The number of rotatable bonds is 1. The number of phenols is 1. The molecule has 2 heteroatoms. The Morgan fingerprint density at radius 1 is 1.15 bits per heavy atom. The predicted octanol–water partition coefficient (Wildman–Crippen LogP) is 2.00. The van der Waals surface area contributed by atoms with E-state index >= 15 is 0 Å². The average molecular weight is 173 g/mol. The third kappa shape index (κ3) is 1.36. The summed E-state index contributed by atoms with van der Waals surface area (Å²) in [6, 6.07) is 11.4. The second-order valence-electron chi connectivity index (χ2n) is 3.04. The monoisotopic (exact) mass is 173 g/mol. The molecule has 0 atom stereocenters. The molecule has 66 valence electrons. The molecule has 0 aliphatic heterocycles. The predicted molar refractivity (Wildman–Crippen MR) is 53.5 cm³/mol. The summed E-state index contributed by atoms with van der Waals surface area (Å²) in [6.45, 7) is 0.457. The van der Waals surface area contributed by atoms with E-state index in [9.17, 15) is 5.11 Å². The van der Waals surface area contributed by atoms with Gasteiger partial charge in [0.2, 0.25) is 0 Å². The van der Waals surface area contributed by atoms with Crippen LogP contribution in [0.5, 0.6) is 5.75 Å². The summed E-state index contributed by atoms with van der Waals surface area (Å²) >= 11 is 0. The van der Waals surface area contributed by atoms with E-state index in [1.807, 2.05) is 30.3 Å². The van der Waals surface area contributed by atoms with Crippen molar-refractivity contribution in [3.05, 3.63) is 42.0 Å². The normalized spacial score (nSPS) is 10.5. The molecular formula is C11H11NO. The van der Waals surface area contributed by atoms with Gasteiger partial charge in [-0.15, -0.1) is 0 Å². The molecule has 0 saturated carbocycles. The first kappa shape index (κ1) is 8.08. The number of hydrogen-bond acceptors (Lipinski definition) is 2. The molecule has 13 heavy (non-hydrogen) atoms. The van der Waals surface area contributed by atoms with Crippen molar-refractivity contribution >= 4 is 10.8 Å². The zero-order valence-corrected chi connectivity index (χ0v) is 7.20. The third-order valence-electron chi connectivity index (χ3n) is 2.14. The Balaban J connectivity index is 2.77. The number of nitrogens with two attached hydrogens (primary N) is 1. The summed E-state index contributed by atoms with van der Waals surface area (Å²) in [5.74, 6) is 0.304. The number of hydrogen-bond donors (Lipinski definition) is 2. The van der Waals surface area contributed by atoms with Gasteiger partial charge in [-0.1, -0.05) is 24.3 Å². The van der Waals surface area contributed by atoms with Gasteiger partial charge in [0.1, 0.15) is 5.75 Å². The van der Waals surface area contributed by atoms with Crippen molar-refractivity contribution in [1.29, 1.82) is 0 Å². The highest BCUT2D eigenvalue weighted by Crippen LogP contribution is 2.25. The highest BCUT2D eigenvalue weighted by atomic mass is 16.3.